The van der Waals surface area contributed by atoms with E-state index in [4.69, 9.17) is 11.6 Å². The number of nitrogens with zero attached hydrogens (tertiary/aromatic N) is 2. The monoisotopic (exact) mass is 515 g/mol. The van der Waals surface area contributed by atoms with E-state index in [0.717, 1.165) is 27.6 Å². The first-order valence-corrected chi connectivity index (χ1v) is 11.1. The summed E-state index contributed by atoms with van der Waals surface area (Å²) in [5.74, 6) is -0.297. The lowest BCUT2D eigenvalue weighted by Gasteiger charge is -2.19. The molecule has 2 aliphatic heterocycles. The molecule has 0 atom stereocenters. The Kier molecular flexibility index (Phi) is 5.71. The first kappa shape index (κ1) is 23.5. The normalized spacial score (nSPS) is 16.5. The van der Waals surface area contributed by atoms with Crippen molar-refractivity contribution in [2.24, 2.45) is 0 Å². The van der Waals surface area contributed by atoms with Crippen molar-refractivity contribution in [3.63, 3.8) is 0 Å². The van der Waals surface area contributed by atoms with Crippen LogP contribution in [0.2, 0.25) is 5.02 Å². The molecule has 0 bridgehead atoms. The van der Waals surface area contributed by atoms with Gasteiger partial charge in [0, 0.05) is 35.4 Å². The van der Waals surface area contributed by atoms with E-state index in [-0.39, 0.29) is 24.7 Å². The second kappa shape index (κ2) is 8.76. The van der Waals surface area contributed by atoms with E-state index >= 15 is 0 Å². The number of nitrogens with one attached hydrogen (secondary N) is 3. The van der Waals surface area contributed by atoms with Gasteiger partial charge in [-0.1, -0.05) is 17.7 Å². The van der Waals surface area contributed by atoms with Crippen LogP contribution in [0.25, 0.3) is 11.6 Å². The van der Waals surface area contributed by atoms with Gasteiger partial charge >= 0.3 is 18.2 Å². The molecule has 8 nitrogen and oxygen atoms in total. The van der Waals surface area contributed by atoms with Crippen LogP contribution in [-0.4, -0.2) is 40.9 Å². The second-order valence-electron chi connectivity index (χ2n) is 8.08. The van der Waals surface area contributed by atoms with E-state index in [2.05, 4.69) is 15.6 Å². The van der Waals surface area contributed by atoms with Crippen LogP contribution < -0.4 is 15.5 Å². The zero-order chi connectivity index (χ0) is 25.6. The Morgan fingerprint density at radius 3 is 2.61 bits per heavy atom. The topological polar surface area (TPSA) is 97.5 Å². The van der Waals surface area contributed by atoms with Gasteiger partial charge in [0.25, 0.3) is 5.91 Å². The van der Waals surface area contributed by atoms with Crippen LogP contribution in [0.3, 0.4) is 0 Å². The van der Waals surface area contributed by atoms with Gasteiger partial charge in [0.2, 0.25) is 0 Å². The molecule has 3 aromatic rings. The zero-order valence-electron chi connectivity index (χ0n) is 18.3. The minimum absolute atomic E-state index is 0.0122. The van der Waals surface area contributed by atoms with Crippen molar-refractivity contribution in [2.75, 3.05) is 28.6 Å². The van der Waals surface area contributed by atoms with E-state index < -0.39 is 28.8 Å². The number of aromatic nitrogens is 1. The standard InChI is InChI=1S/C24H17ClF3N5O3/c25-19-6-4-15(12-18(19)24(26,27)28)32-8-9-33(23(32)36)22(35)30-14-3-5-16-17(10-13-2-1-7-29-13)21(34)31-20(16)11-14/h1-7,10-12,29H,8-9H2,(H,30,35)(H,31,34)/b17-10-. The fourth-order valence-corrected chi connectivity index (χ4v) is 4.28. The molecule has 3 heterocycles. The molecule has 2 aliphatic rings. The van der Waals surface area contributed by atoms with Crippen molar-refractivity contribution < 1.29 is 27.6 Å². The molecular formula is C24H17ClF3N5O3. The van der Waals surface area contributed by atoms with Gasteiger partial charge < -0.3 is 15.6 Å². The Morgan fingerprint density at radius 1 is 1.08 bits per heavy atom. The molecule has 0 radical (unpaired) electrons. The number of carbonyl (C=O) groups is 3. The highest BCUT2D eigenvalue weighted by atomic mass is 35.5. The second-order valence-corrected chi connectivity index (χ2v) is 8.48. The van der Waals surface area contributed by atoms with Crippen LogP contribution in [0.5, 0.6) is 0 Å². The number of imide groups is 1. The van der Waals surface area contributed by atoms with Gasteiger partial charge in [-0.2, -0.15) is 13.2 Å². The minimum atomic E-state index is -4.69. The summed E-state index contributed by atoms with van der Waals surface area (Å²) >= 11 is 5.66. The van der Waals surface area contributed by atoms with Crippen LogP contribution in [-0.2, 0) is 11.0 Å². The van der Waals surface area contributed by atoms with Crippen LogP contribution in [0, 0.1) is 0 Å². The number of amides is 5. The third kappa shape index (κ3) is 4.29. The predicted molar refractivity (Wildman–Crippen MR) is 129 cm³/mol. The predicted octanol–water partition coefficient (Wildman–Crippen LogP) is 5.65. The Hall–Kier alpha value is -4.25. The molecular weight excluding hydrogens is 499 g/mol. The van der Waals surface area contributed by atoms with Crippen LogP contribution in [0.1, 0.15) is 16.8 Å². The molecule has 0 spiro atoms. The number of hydrogen-bond donors (Lipinski definition) is 3. The zero-order valence-corrected chi connectivity index (χ0v) is 19.1. The number of fused-ring (bicyclic) bond motifs is 1. The maximum absolute atomic E-state index is 13.2. The number of anilines is 3. The number of carbonyl (C=O) groups excluding carboxylic acids is 3. The molecule has 12 heteroatoms. The molecule has 2 aromatic carbocycles. The molecule has 1 aromatic heterocycles. The number of benzene rings is 2. The molecule has 184 valence electrons. The van der Waals surface area contributed by atoms with Crippen molar-refractivity contribution in [2.45, 2.75) is 6.18 Å². The maximum atomic E-state index is 13.2. The highest BCUT2D eigenvalue weighted by molar-refractivity contribution is 6.35. The largest absolute Gasteiger partial charge is 0.417 e. The molecule has 3 N–H and O–H groups in total. The Labute approximate surface area is 207 Å². The van der Waals surface area contributed by atoms with Crippen LogP contribution in [0.4, 0.5) is 39.8 Å². The number of H-pyrrole nitrogens is 1. The van der Waals surface area contributed by atoms with Gasteiger partial charge in [-0.15, -0.1) is 0 Å². The maximum Gasteiger partial charge on any atom is 0.417 e. The average molecular weight is 516 g/mol. The minimum Gasteiger partial charge on any atom is -0.362 e. The number of urea groups is 2. The Morgan fingerprint density at radius 2 is 1.89 bits per heavy atom. The van der Waals surface area contributed by atoms with Crippen molar-refractivity contribution >= 4 is 58.3 Å². The lowest BCUT2D eigenvalue weighted by Crippen LogP contribution is -2.39. The number of aromatic amines is 1. The third-order valence-electron chi connectivity index (χ3n) is 5.80. The van der Waals surface area contributed by atoms with Gasteiger partial charge in [0.1, 0.15) is 0 Å². The Balaban J connectivity index is 1.31. The molecule has 5 rings (SSSR count). The van der Waals surface area contributed by atoms with Crippen LogP contribution in [0.15, 0.2) is 54.7 Å². The third-order valence-corrected chi connectivity index (χ3v) is 6.13. The van der Waals surface area contributed by atoms with E-state index in [1.807, 2.05) is 12.1 Å². The van der Waals surface area contributed by atoms with Gasteiger partial charge in [0.05, 0.1) is 28.4 Å². The number of alkyl halides is 3. The van der Waals surface area contributed by atoms with Gasteiger partial charge in [0.15, 0.2) is 0 Å². The summed E-state index contributed by atoms with van der Waals surface area (Å²) in [5.41, 5.74) is 1.60. The molecule has 0 aliphatic carbocycles. The van der Waals surface area contributed by atoms with E-state index in [0.29, 0.717) is 22.5 Å². The molecule has 0 unspecified atom stereocenters. The summed E-state index contributed by atoms with van der Waals surface area (Å²) in [6.07, 6.45) is -1.24. The van der Waals surface area contributed by atoms with Gasteiger partial charge in [-0.05, 0) is 48.5 Å². The fraction of sp³-hybridized carbons (Fsp3) is 0.125. The van der Waals surface area contributed by atoms with Gasteiger partial charge in [-0.25, -0.2) is 14.5 Å². The van der Waals surface area contributed by atoms with E-state index in [1.165, 1.54) is 6.07 Å². The molecule has 36 heavy (non-hydrogen) atoms. The highest BCUT2D eigenvalue weighted by Gasteiger charge is 2.37. The number of halogens is 4. The molecule has 5 amide bonds. The molecule has 0 saturated carbocycles. The smallest absolute Gasteiger partial charge is 0.362 e. The lowest BCUT2D eigenvalue weighted by molar-refractivity contribution is -0.137. The Bertz CT molecular complexity index is 1420. The van der Waals surface area contributed by atoms with E-state index in [1.54, 1.807) is 30.5 Å². The summed E-state index contributed by atoms with van der Waals surface area (Å²) in [5, 5.41) is 4.85. The van der Waals surface area contributed by atoms with E-state index in [9.17, 15) is 27.6 Å². The lowest BCUT2D eigenvalue weighted by atomic mass is 10.1. The van der Waals surface area contributed by atoms with Crippen molar-refractivity contribution in [1.82, 2.24) is 9.88 Å². The first-order valence-electron chi connectivity index (χ1n) is 10.7. The summed E-state index contributed by atoms with van der Waals surface area (Å²) in [7, 11) is 0. The van der Waals surface area contributed by atoms with Crippen LogP contribution >= 0.6 is 11.6 Å². The number of rotatable bonds is 3. The summed E-state index contributed by atoms with van der Waals surface area (Å²) < 4.78 is 39.6. The highest BCUT2D eigenvalue weighted by Crippen LogP contribution is 2.38. The first-order chi connectivity index (χ1) is 17.1. The van der Waals surface area contributed by atoms with Gasteiger partial charge in [-0.3, -0.25) is 9.69 Å². The van der Waals surface area contributed by atoms with Crippen molar-refractivity contribution in [1.29, 1.82) is 0 Å². The van der Waals surface area contributed by atoms with Crippen molar-refractivity contribution in [3.8, 4) is 0 Å². The SMILES string of the molecule is O=C1Nc2cc(NC(=O)N3CCN(c4ccc(Cl)c(C(F)(F)F)c4)C3=O)ccc2/C1=C/c1ccc[nH]1. The summed E-state index contributed by atoms with van der Waals surface area (Å²) in [6.45, 7) is -0.0162. The quantitative estimate of drug-likeness (QED) is 0.393. The average Bonchev–Trinajstić information content (AvgIpc) is 3.53. The fourth-order valence-electron chi connectivity index (χ4n) is 4.06. The number of hydrogen-bond acceptors (Lipinski definition) is 3. The molecule has 1 saturated heterocycles. The van der Waals surface area contributed by atoms with Crippen molar-refractivity contribution in [3.05, 3.63) is 76.6 Å². The molecule has 1 fully saturated rings. The summed E-state index contributed by atoms with van der Waals surface area (Å²) in [6, 6.07) is 10.1. The summed E-state index contributed by atoms with van der Waals surface area (Å²) in [4.78, 5) is 43.0.